The summed E-state index contributed by atoms with van der Waals surface area (Å²) in [6.45, 7) is 4.42. The van der Waals surface area contributed by atoms with Crippen LogP contribution in [0.4, 0.5) is 5.69 Å². The van der Waals surface area contributed by atoms with Gasteiger partial charge in [-0.15, -0.1) is 0 Å². The van der Waals surface area contributed by atoms with Crippen molar-refractivity contribution in [2.45, 2.75) is 11.8 Å². The number of hydrogen-bond acceptors (Lipinski definition) is 3. The van der Waals surface area contributed by atoms with Crippen LogP contribution in [-0.2, 0) is 10.0 Å². The van der Waals surface area contributed by atoms with Gasteiger partial charge in [0.2, 0.25) is 10.0 Å². The van der Waals surface area contributed by atoms with Gasteiger partial charge in [-0.1, -0.05) is 57.9 Å². The summed E-state index contributed by atoms with van der Waals surface area (Å²) in [5, 5.41) is 1.67. The molecule has 4 rings (SSSR count). The van der Waals surface area contributed by atoms with Gasteiger partial charge >= 0.3 is 0 Å². The fraction of sp³-hybridized carbons (Fsp3) is 0.238. The van der Waals surface area contributed by atoms with E-state index in [0.29, 0.717) is 31.1 Å². The Bertz CT molecular complexity index is 1070. The summed E-state index contributed by atoms with van der Waals surface area (Å²) in [4.78, 5) is 2.62. The molecule has 0 aromatic heterocycles. The maximum atomic E-state index is 13.3. The first kappa shape index (κ1) is 18.5. The van der Waals surface area contributed by atoms with E-state index in [1.54, 1.807) is 10.4 Å². The van der Waals surface area contributed by atoms with Crippen LogP contribution in [0, 0.1) is 6.92 Å². The molecule has 27 heavy (non-hydrogen) atoms. The van der Waals surface area contributed by atoms with E-state index in [2.05, 4.69) is 52.0 Å². The zero-order valence-corrected chi connectivity index (χ0v) is 17.5. The minimum absolute atomic E-state index is 0.380. The Hall–Kier alpha value is -1.89. The third-order valence-corrected chi connectivity index (χ3v) is 7.73. The van der Waals surface area contributed by atoms with Gasteiger partial charge in [-0.05, 0) is 36.6 Å². The number of aryl methyl sites for hydroxylation is 1. The van der Waals surface area contributed by atoms with Gasteiger partial charge in [0.15, 0.2) is 0 Å². The molecule has 1 fully saturated rings. The van der Waals surface area contributed by atoms with E-state index >= 15 is 0 Å². The third-order valence-electron chi connectivity index (χ3n) is 5.09. The molecule has 1 saturated heterocycles. The van der Waals surface area contributed by atoms with E-state index in [1.807, 2.05) is 30.3 Å². The molecule has 6 heteroatoms. The molecule has 140 valence electrons. The van der Waals surface area contributed by atoms with Gasteiger partial charge in [-0.3, -0.25) is 0 Å². The molecular formula is C21H21BrN2O2S. The first-order chi connectivity index (χ1) is 13.0. The van der Waals surface area contributed by atoms with Crippen molar-refractivity contribution in [2.75, 3.05) is 31.1 Å². The maximum absolute atomic E-state index is 13.3. The number of anilines is 1. The maximum Gasteiger partial charge on any atom is 0.243 e. The van der Waals surface area contributed by atoms with Crippen molar-refractivity contribution < 1.29 is 8.42 Å². The fourth-order valence-corrected chi connectivity index (χ4v) is 5.64. The van der Waals surface area contributed by atoms with Crippen LogP contribution in [0.5, 0.6) is 0 Å². The smallest absolute Gasteiger partial charge is 0.243 e. The minimum atomic E-state index is -3.53. The molecule has 0 radical (unpaired) electrons. The van der Waals surface area contributed by atoms with Crippen LogP contribution in [0.2, 0.25) is 0 Å². The molecule has 0 unspecified atom stereocenters. The Morgan fingerprint density at radius 2 is 1.44 bits per heavy atom. The van der Waals surface area contributed by atoms with E-state index < -0.39 is 10.0 Å². The highest BCUT2D eigenvalue weighted by molar-refractivity contribution is 9.10. The molecule has 0 bridgehead atoms. The van der Waals surface area contributed by atoms with Crippen molar-refractivity contribution in [3.63, 3.8) is 0 Å². The lowest BCUT2D eigenvalue weighted by atomic mass is 10.1. The van der Waals surface area contributed by atoms with Crippen LogP contribution in [-0.4, -0.2) is 38.9 Å². The summed E-state index contributed by atoms with van der Waals surface area (Å²) >= 11 is 3.52. The SMILES string of the molecule is Cc1ccc(N2CCN(S(=O)(=O)c3ccc(Br)c4ccccc34)CC2)cc1. The molecule has 0 spiro atoms. The van der Waals surface area contributed by atoms with E-state index in [-0.39, 0.29) is 0 Å². The Morgan fingerprint density at radius 3 is 2.11 bits per heavy atom. The lowest BCUT2D eigenvalue weighted by Gasteiger charge is -2.35. The second kappa shape index (κ2) is 7.26. The van der Waals surface area contributed by atoms with Crippen molar-refractivity contribution in [3.05, 3.63) is 70.7 Å². The second-order valence-electron chi connectivity index (χ2n) is 6.82. The van der Waals surface area contributed by atoms with Gasteiger partial charge in [-0.2, -0.15) is 4.31 Å². The van der Waals surface area contributed by atoms with Crippen molar-refractivity contribution in [1.82, 2.24) is 4.31 Å². The van der Waals surface area contributed by atoms with Gasteiger partial charge in [0.25, 0.3) is 0 Å². The van der Waals surface area contributed by atoms with Gasteiger partial charge in [0.05, 0.1) is 4.90 Å². The third kappa shape index (κ3) is 3.49. The quantitative estimate of drug-likeness (QED) is 0.599. The van der Waals surface area contributed by atoms with Crippen LogP contribution in [0.1, 0.15) is 5.56 Å². The number of piperazine rings is 1. The van der Waals surface area contributed by atoms with E-state index in [1.165, 1.54) is 5.56 Å². The first-order valence-corrected chi connectivity index (χ1v) is 11.2. The van der Waals surface area contributed by atoms with E-state index in [4.69, 9.17) is 0 Å². The summed E-state index contributed by atoms with van der Waals surface area (Å²) in [5.41, 5.74) is 2.37. The molecule has 0 saturated carbocycles. The van der Waals surface area contributed by atoms with Gasteiger partial charge in [-0.25, -0.2) is 8.42 Å². The van der Waals surface area contributed by atoms with Crippen molar-refractivity contribution in [2.24, 2.45) is 0 Å². The van der Waals surface area contributed by atoms with Crippen LogP contribution < -0.4 is 4.90 Å². The number of hydrogen-bond donors (Lipinski definition) is 0. The highest BCUT2D eigenvalue weighted by Crippen LogP contribution is 2.31. The van der Waals surface area contributed by atoms with Crippen LogP contribution in [0.3, 0.4) is 0 Å². The number of halogens is 1. The summed E-state index contributed by atoms with van der Waals surface area (Å²) in [6, 6.07) is 19.5. The number of nitrogens with zero attached hydrogens (tertiary/aromatic N) is 2. The molecular weight excluding hydrogens is 424 g/mol. The number of rotatable bonds is 3. The number of sulfonamides is 1. The first-order valence-electron chi connectivity index (χ1n) is 8.96. The lowest BCUT2D eigenvalue weighted by Crippen LogP contribution is -2.48. The molecule has 1 aliphatic rings. The predicted octanol–water partition coefficient (Wildman–Crippen LogP) is 4.42. The molecule has 1 heterocycles. The monoisotopic (exact) mass is 444 g/mol. The second-order valence-corrected chi connectivity index (χ2v) is 9.58. The Labute approximate surface area is 168 Å². The number of benzene rings is 3. The summed E-state index contributed by atoms with van der Waals surface area (Å²) in [7, 11) is -3.53. The molecule has 0 amide bonds. The van der Waals surface area contributed by atoms with E-state index in [9.17, 15) is 8.42 Å². The standard InChI is InChI=1S/C21H21BrN2O2S/c1-16-6-8-17(9-7-16)23-12-14-24(15-13-23)27(25,26)21-11-10-20(22)18-4-2-3-5-19(18)21/h2-11H,12-15H2,1H3. The van der Waals surface area contributed by atoms with Crippen molar-refractivity contribution in [1.29, 1.82) is 0 Å². The summed E-state index contributed by atoms with van der Waals surface area (Å²) in [5.74, 6) is 0. The summed E-state index contributed by atoms with van der Waals surface area (Å²) < 4.78 is 29.1. The van der Waals surface area contributed by atoms with Gasteiger partial charge in [0, 0.05) is 41.7 Å². The van der Waals surface area contributed by atoms with E-state index in [0.717, 1.165) is 20.9 Å². The van der Waals surface area contributed by atoms with Gasteiger partial charge in [0.1, 0.15) is 0 Å². The van der Waals surface area contributed by atoms with Gasteiger partial charge < -0.3 is 4.90 Å². The summed E-state index contributed by atoms with van der Waals surface area (Å²) in [6.07, 6.45) is 0. The Balaban J connectivity index is 1.59. The van der Waals surface area contributed by atoms with Crippen molar-refractivity contribution in [3.8, 4) is 0 Å². The average molecular weight is 445 g/mol. The zero-order chi connectivity index (χ0) is 19.0. The molecule has 1 aliphatic heterocycles. The molecule has 4 nitrogen and oxygen atoms in total. The topological polar surface area (TPSA) is 40.6 Å². The molecule has 3 aromatic carbocycles. The predicted molar refractivity (Wildman–Crippen MR) is 114 cm³/mol. The Kier molecular flexibility index (Phi) is 4.97. The number of fused-ring (bicyclic) bond motifs is 1. The highest BCUT2D eigenvalue weighted by Gasteiger charge is 2.30. The molecule has 3 aromatic rings. The van der Waals surface area contributed by atoms with Crippen molar-refractivity contribution >= 4 is 42.4 Å². The van der Waals surface area contributed by atoms with Crippen LogP contribution in [0.25, 0.3) is 10.8 Å². The lowest BCUT2D eigenvalue weighted by molar-refractivity contribution is 0.385. The highest BCUT2D eigenvalue weighted by atomic mass is 79.9. The normalized spacial score (nSPS) is 16.0. The Morgan fingerprint density at radius 1 is 0.815 bits per heavy atom. The molecule has 0 N–H and O–H groups in total. The molecule has 0 aliphatic carbocycles. The minimum Gasteiger partial charge on any atom is -0.369 e. The van der Waals surface area contributed by atoms with Crippen LogP contribution >= 0.6 is 15.9 Å². The largest absolute Gasteiger partial charge is 0.369 e. The average Bonchev–Trinajstić information content (AvgIpc) is 2.69. The fourth-order valence-electron chi connectivity index (χ4n) is 3.54. The zero-order valence-electron chi connectivity index (χ0n) is 15.1. The van der Waals surface area contributed by atoms with Crippen LogP contribution in [0.15, 0.2) is 70.0 Å². The molecule has 0 atom stereocenters.